The minimum atomic E-state index is -0.880. The van der Waals surface area contributed by atoms with E-state index in [1.807, 2.05) is 17.5 Å². The molecule has 1 aliphatic carbocycles. The van der Waals surface area contributed by atoms with Crippen LogP contribution in [0.2, 0.25) is 0 Å². The Kier molecular flexibility index (Phi) is 5.03. The summed E-state index contributed by atoms with van der Waals surface area (Å²) in [5.74, 6) is 5.17. The first-order valence-corrected chi connectivity index (χ1v) is 7.74. The number of aliphatic carboxylic acids is 1. The highest BCUT2D eigenvalue weighted by molar-refractivity contribution is 7.11. The highest BCUT2D eigenvalue weighted by atomic mass is 32.1. The predicted molar refractivity (Wildman–Crippen MR) is 80.5 cm³/mol. The summed E-state index contributed by atoms with van der Waals surface area (Å²) in [5.41, 5.74) is 6.47. The number of carboxylic acid groups (broad SMARTS) is 1. The maximum absolute atomic E-state index is 11.5. The number of nitrogens with zero attached hydrogens (tertiary/aromatic N) is 1. The third-order valence-electron chi connectivity index (χ3n) is 3.76. The van der Waals surface area contributed by atoms with E-state index in [2.05, 4.69) is 0 Å². The van der Waals surface area contributed by atoms with Gasteiger partial charge in [-0.25, -0.2) is 10.6 Å². The molecule has 1 aromatic rings. The molecular weight excluding hydrogens is 274 g/mol. The van der Waals surface area contributed by atoms with Crippen LogP contribution in [0.4, 0.5) is 0 Å². The number of hydrazine groups is 1. The Morgan fingerprint density at radius 1 is 1.45 bits per heavy atom. The first-order chi connectivity index (χ1) is 9.59. The first kappa shape index (κ1) is 14.9. The van der Waals surface area contributed by atoms with Crippen LogP contribution in [0.15, 0.2) is 23.7 Å². The molecular formula is C14H21N3O2S. The molecule has 0 bridgehead atoms. The van der Waals surface area contributed by atoms with Gasteiger partial charge in [-0.2, -0.15) is 0 Å². The lowest BCUT2D eigenvalue weighted by atomic mass is 9.83. The average molecular weight is 295 g/mol. The van der Waals surface area contributed by atoms with E-state index >= 15 is 0 Å². The van der Waals surface area contributed by atoms with Crippen molar-refractivity contribution in [1.82, 2.24) is 5.01 Å². The summed E-state index contributed by atoms with van der Waals surface area (Å²) < 4.78 is 0. The van der Waals surface area contributed by atoms with Crippen molar-refractivity contribution in [3.63, 3.8) is 0 Å². The second kappa shape index (κ2) is 6.76. The summed E-state index contributed by atoms with van der Waals surface area (Å²) in [6, 6.07) is 3.09. The van der Waals surface area contributed by atoms with Gasteiger partial charge < -0.3 is 15.8 Å². The van der Waals surface area contributed by atoms with E-state index in [1.165, 1.54) is 22.8 Å². The normalized spacial score (nSPS) is 18.8. The van der Waals surface area contributed by atoms with Crippen LogP contribution in [0.1, 0.15) is 37.0 Å². The van der Waals surface area contributed by atoms with Gasteiger partial charge in [0, 0.05) is 6.20 Å². The van der Waals surface area contributed by atoms with E-state index in [0.29, 0.717) is 5.70 Å². The second-order valence-electron chi connectivity index (χ2n) is 5.19. The van der Waals surface area contributed by atoms with Gasteiger partial charge in [0.15, 0.2) is 0 Å². The van der Waals surface area contributed by atoms with E-state index in [4.69, 9.17) is 11.6 Å². The van der Waals surface area contributed by atoms with Gasteiger partial charge in [-0.1, -0.05) is 25.3 Å². The zero-order valence-electron chi connectivity index (χ0n) is 11.4. The lowest BCUT2D eigenvalue weighted by molar-refractivity contribution is -0.144. The molecule has 1 aromatic heterocycles. The number of nitrogens with two attached hydrogens (primary N) is 2. The van der Waals surface area contributed by atoms with E-state index in [1.54, 1.807) is 6.20 Å². The molecule has 1 aliphatic rings. The summed E-state index contributed by atoms with van der Waals surface area (Å²) in [4.78, 5) is 12.4. The van der Waals surface area contributed by atoms with Crippen LogP contribution < -0.4 is 11.6 Å². The topological polar surface area (TPSA) is 92.6 Å². The second-order valence-corrected chi connectivity index (χ2v) is 6.14. The van der Waals surface area contributed by atoms with Crippen LogP contribution in [0.3, 0.4) is 0 Å². The summed E-state index contributed by atoms with van der Waals surface area (Å²) in [6.45, 7) is 0. The van der Waals surface area contributed by atoms with Crippen molar-refractivity contribution < 1.29 is 9.90 Å². The van der Waals surface area contributed by atoms with E-state index in [-0.39, 0.29) is 5.92 Å². The van der Waals surface area contributed by atoms with Gasteiger partial charge in [-0.3, -0.25) is 0 Å². The quantitative estimate of drug-likeness (QED) is 0.572. The molecule has 1 saturated carbocycles. The number of hydrogen-bond donors (Lipinski definition) is 3. The number of thiophene rings is 1. The molecule has 2 rings (SSSR count). The molecule has 1 unspecified atom stereocenters. The Bertz CT molecular complexity index is 467. The van der Waals surface area contributed by atoms with Gasteiger partial charge in [0.2, 0.25) is 0 Å². The van der Waals surface area contributed by atoms with Crippen LogP contribution in [-0.2, 0) is 4.79 Å². The molecule has 5 nitrogen and oxygen atoms in total. The molecule has 0 aliphatic heterocycles. The Hall–Kier alpha value is -1.53. The fourth-order valence-electron chi connectivity index (χ4n) is 2.77. The lowest BCUT2D eigenvalue weighted by Crippen LogP contribution is -2.48. The van der Waals surface area contributed by atoms with Gasteiger partial charge in [0.25, 0.3) is 0 Å². The molecule has 1 atom stereocenters. The Morgan fingerprint density at radius 2 is 2.15 bits per heavy atom. The number of rotatable bonds is 5. The maximum Gasteiger partial charge on any atom is 0.328 e. The number of hydrogen-bond acceptors (Lipinski definition) is 5. The lowest BCUT2D eigenvalue weighted by Gasteiger charge is -2.32. The maximum atomic E-state index is 11.5. The van der Waals surface area contributed by atoms with Gasteiger partial charge in [-0.15, -0.1) is 11.3 Å². The van der Waals surface area contributed by atoms with Gasteiger partial charge in [0.05, 0.1) is 10.6 Å². The SMILES string of the molecule is N/C(=C\N(N)C(C(=O)O)C1CCCCC1)c1cccs1. The van der Waals surface area contributed by atoms with Gasteiger partial charge in [-0.05, 0) is 30.2 Å². The highest BCUT2D eigenvalue weighted by Crippen LogP contribution is 2.29. The Morgan fingerprint density at radius 3 is 2.70 bits per heavy atom. The highest BCUT2D eigenvalue weighted by Gasteiger charge is 2.32. The van der Waals surface area contributed by atoms with Crippen LogP contribution in [0.5, 0.6) is 0 Å². The molecule has 1 fully saturated rings. The Balaban J connectivity index is 2.12. The zero-order chi connectivity index (χ0) is 14.5. The summed E-state index contributed by atoms with van der Waals surface area (Å²) in [7, 11) is 0. The van der Waals surface area contributed by atoms with Crippen molar-refractivity contribution in [1.29, 1.82) is 0 Å². The average Bonchev–Trinajstić information content (AvgIpc) is 2.93. The van der Waals surface area contributed by atoms with Crippen molar-refractivity contribution in [2.45, 2.75) is 38.1 Å². The van der Waals surface area contributed by atoms with Gasteiger partial charge >= 0.3 is 5.97 Å². The fraction of sp³-hybridized carbons (Fsp3) is 0.500. The molecule has 0 saturated heterocycles. The van der Waals surface area contributed by atoms with Crippen molar-refractivity contribution in [2.75, 3.05) is 0 Å². The van der Waals surface area contributed by atoms with Gasteiger partial charge in [0.1, 0.15) is 6.04 Å². The third kappa shape index (κ3) is 3.52. The molecule has 0 aromatic carbocycles. The van der Waals surface area contributed by atoms with E-state index in [0.717, 1.165) is 30.6 Å². The van der Waals surface area contributed by atoms with E-state index in [9.17, 15) is 9.90 Å². The molecule has 0 spiro atoms. The molecule has 1 heterocycles. The van der Waals surface area contributed by atoms with Crippen LogP contribution >= 0.6 is 11.3 Å². The van der Waals surface area contributed by atoms with Crippen LogP contribution in [-0.4, -0.2) is 22.1 Å². The van der Waals surface area contributed by atoms with Crippen molar-refractivity contribution >= 4 is 23.0 Å². The summed E-state index contributed by atoms with van der Waals surface area (Å²) in [6.07, 6.45) is 6.70. The number of carboxylic acids is 1. The summed E-state index contributed by atoms with van der Waals surface area (Å²) >= 11 is 1.51. The molecule has 6 heteroatoms. The van der Waals surface area contributed by atoms with E-state index < -0.39 is 12.0 Å². The molecule has 0 amide bonds. The smallest absolute Gasteiger partial charge is 0.328 e. The molecule has 5 N–H and O–H groups in total. The fourth-order valence-corrected chi connectivity index (χ4v) is 3.42. The third-order valence-corrected chi connectivity index (χ3v) is 4.68. The van der Waals surface area contributed by atoms with Crippen molar-refractivity contribution in [2.24, 2.45) is 17.5 Å². The minimum Gasteiger partial charge on any atom is -0.480 e. The molecule has 20 heavy (non-hydrogen) atoms. The standard InChI is InChI=1S/C14H21N3O2S/c15-11(12-7-4-8-20-12)9-17(16)13(14(18)19)10-5-2-1-3-6-10/h4,7-10,13H,1-3,5-6,15-16H2,(H,18,19)/b11-9-. The largest absolute Gasteiger partial charge is 0.480 e. The minimum absolute atomic E-state index is 0.0960. The first-order valence-electron chi connectivity index (χ1n) is 6.86. The van der Waals surface area contributed by atoms with Crippen molar-refractivity contribution in [3.8, 4) is 0 Å². The van der Waals surface area contributed by atoms with Crippen LogP contribution in [0.25, 0.3) is 5.70 Å². The monoisotopic (exact) mass is 295 g/mol. The van der Waals surface area contributed by atoms with Crippen molar-refractivity contribution in [3.05, 3.63) is 28.6 Å². The predicted octanol–water partition coefficient (Wildman–Crippen LogP) is 2.21. The Labute approximate surface area is 122 Å². The zero-order valence-corrected chi connectivity index (χ0v) is 12.2. The molecule has 110 valence electrons. The number of carbonyl (C=O) groups is 1. The molecule has 0 radical (unpaired) electrons. The summed E-state index contributed by atoms with van der Waals surface area (Å²) in [5, 5.41) is 12.6. The van der Waals surface area contributed by atoms with Crippen LogP contribution in [0, 0.1) is 5.92 Å².